The molecule has 3 aromatic rings. The SMILES string of the molecule is COc1ccc(N2C(=S)N[C@@H](c3ccccn3)[C@H]2c2ccc(Br)s2)cc1Cl. The van der Waals surface area contributed by atoms with Gasteiger partial charge in [-0.2, -0.15) is 0 Å². The molecule has 0 saturated carbocycles. The molecule has 1 fully saturated rings. The summed E-state index contributed by atoms with van der Waals surface area (Å²) in [6, 6.07) is 15.7. The third-order valence-corrected chi connectivity index (χ3v) is 6.70. The van der Waals surface area contributed by atoms with Crippen molar-refractivity contribution in [1.82, 2.24) is 10.3 Å². The fourth-order valence-corrected chi connectivity index (χ4v) is 5.36. The molecule has 8 heteroatoms. The Morgan fingerprint density at radius 1 is 1.26 bits per heavy atom. The van der Waals surface area contributed by atoms with Gasteiger partial charge in [0, 0.05) is 16.8 Å². The Morgan fingerprint density at radius 3 is 2.74 bits per heavy atom. The van der Waals surface area contributed by atoms with E-state index >= 15 is 0 Å². The number of thiophene rings is 1. The van der Waals surface area contributed by atoms with E-state index < -0.39 is 0 Å². The summed E-state index contributed by atoms with van der Waals surface area (Å²) in [6.45, 7) is 0. The monoisotopic (exact) mass is 479 g/mol. The average Bonchev–Trinajstić information content (AvgIpc) is 3.25. The number of aromatic nitrogens is 1. The summed E-state index contributed by atoms with van der Waals surface area (Å²) in [4.78, 5) is 7.82. The molecule has 1 aliphatic heterocycles. The summed E-state index contributed by atoms with van der Waals surface area (Å²) in [5, 5.41) is 4.62. The quantitative estimate of drug-likeness (QED) is 0.482. The van der Waals surface area contributed by atoms with Crippen molar-refractivity contribution in [3.8, 4) is 5.75 Å². The maximum Gasteiger partial charge on any atom is 0.174 e. The number of hydrogen-bond acceptors (Lipinski definition) is 4. The molecule has 0 unspecified atom stereocenters. The first-order valence-electron chi connectivity index (χ1n) is 8.18. The molecule has 1 N–H and O–H groups in total. The van der Waals surface area contributed by atoms with Gasteiger partial charge in [-0.15, -0.1) is 11.3 Å². The highest BCUT2D eigenvalue weighted by Crippen LogP contribution is 2.45. The number of pyridine rings is 1. The van der Waals surface area contributed by atoms with Crippen molar-refractivity contribution >= 4 is 61.9 Å². The van der Waals surface area contributed by atoms with Crippen LogP contribution in [0.25, 0.3) is 0 Å². The molecule has 27 heavy (non-hydrogen) atoms. The van der Waals surface area contributed by atoms with Crippen LogP contribution in [0.1, 0.15) is 22.7 Å². The van der Waals surface area contributed by atoms with E-state index in [1.807, 2.05) is 36.4 Å². The molecule has 0 radical (unpaired) electrons. The molecule has 138 valence electrons. The lowest BCUT2D eigenvalue weighted by Crippen LogP contribution is -2.29. The number of nitrogens with one attached hydrogen (secondary N) is 1. The van der Waals surface area contributed by atoms with Crippen molar-refractivity contribution in [2.45, 2.75) is 12.1 Å². The molecule has 1 saturated heterocycles. The predicted molar refractivity (Wildman–Crippen MR) is 118 cm³/mol. The second-order valence-electron chi connectivity index (χ2n) is 5.96. The normalized spacial score (nSPS) is 19.2. The number of halogens is 2. The number of nitrogens with zero attached hydrogens (tertiary/aromatic N) is 2. The maximum absolute atomic E-state index is 6.37. The number of rotatable bonds is 4. The van der Waals surface area contributed by atoms with Crippen molar-refractivity contribution in [3.05, 3.63) is 74.1 Å². The van der Waals surface area contributed by atoms with E-state index in [4.69, 9.17) is 28.6 Å². The number of ether oxygens (including phenoxy) is 1. The number of thiocarbonyl (C=S) groups is 1. The molecule has 0 aliphatic carbocycles. The number of methoxy groups -OCH3 is 1. The predicted octanol–water partition coefficient (Wildman–Crippen LogP) is 5.74. The highest BCUT2D eigenvalue weighted by molar-refractivity contribution is 9.11. The molecule has 2 atom stereocenters. The minimum atomic E-state index is -0.0647. The Hall–Kier alpha value is -1.67. The number of anilines is 1. The Bertz CT molecular complexity index is 982. The van der Waals surface area contributed by atoms with Crippen LogP contribution in [0.5, 0.6) is 5.75 Å². The molecular formula is C19H15BrClN3OS2. The number of hydrogen-bond donors (Lipinski definition) is 1. The van der Waals surface area contributed by atoms with Gasteiger partial charge in [-0.25, -0.2) is 0 Å². The van der Waals surface area contributed by atoms with Crippen molar-refractivity contribution in [1.29, 1.82) is 0 Å². The average molecular weight is 481 g/mol. The lowest BCUT2D eigenvalue weighted by Gasteiger charge is -2.27. The van der Waals surface area contributed by atoms with Gasteiger partial charge in [0.2, 0.25) is 0 Å². The van der Waals surface area contributed by atoms with Gasteiger partial charge in [-0.3, -0.25) is 4.98 Å². The molecule has 4 rings (SSSR count). The first-order chi connectivity index (χ1) is 13.1. The van der Waals surface area contributed by atoms with Crippen LogP contribution >= 0.6 is 51.1 Å². The molecule has 0 amide bonds. The van der Waals surface area contributed by atoms with Crippen LogP contribution in [0.3, 0.4) is 0 Å². The van der Waals surface area contributed by atoms with Crippen molar-refractivity contribution in [3.63, 3.8) is 0 Å². The van der Waals surface area contributed by atoms with E-state index in [9.17, 15) is 0 Å². The summed E-state index contributed by atoms with van der Waals surface area (Å²) < 4.78 is 6.35. The van der Waals surface area contributed by atoms with Crippen molar-refractivity contribution in [2.24, 2.45) is 0 Å². The molecule has 1 aromatic carbocycles. The van der Waals surface area contributed by atoms with Crippen LogP contribution in [-0.2, 0) is 0 Å². The second kappa shape index (κ2) is 7.75. The summed E-state index contributed by atoms with van der Waals surface area (Å²) in [5.41, 5.74) is 1.85. The maximum atomic E-state index is 6.37. The summed E-state index contributed by atoms with van der Waals surface area (Å²) in [7, 11) is 1.60. The van der Waals surface area contributed by atoms with Gasteiger partial charge in [0.15, 0.2) is 5.11 Å². The molecule has 0 bridgehead atoms. The standard InChI is InChI=1S/C19H15BrClN3OS2/c1-25-14-6-5-11(10-12(14)21)24-18(15-7-8-16(20)27-15)17(23-19(24)26)13-4-2-3-9-22-13/h2-10,17-18H,1H3,(H,23,26)/t17-,18+/m0/s1. The molecule has 1 aliphatic rings. The topological polar surface area (TPSA) is 37.4 Å². The van der Waals surface area contributed by atoms with Crippen LogP contribution in [0.2, 0.25) is 5.02 Å². The van der Waals surface area contributed by atoms with E-state index in [-0.39, 0.29) is 12.1 Å². The minimum absolute atomic E-state index is 0.0341. The van der Waals surface area contributed by atoms with Gasteiger partial charge in [0.05, 0.1) is 33.7 Å². The third kappa shape index (κ3) is 3.57. The summed E-state index contributed by atoms with van der Waals surface area (Å²) in [6.07, 6.45) is 1.80. The van der Waals surface area contributed by atoms with Gasteiger partial charge >= 0.3 is 0 Å². The molecule has 4 nitrogen and oxygen atoms in total. The van der Waals surface area contributed by atoms with Crippen molar-refractivity contribution in [2.75, 3.05) is 12.0 Å². The van der Waals surface area contributed by atoms with Gasteiger partial charge in [-0.1, -0.05) is 17.7 Å². The van der Waals surface area contributed by atoms with Crippen LogP contribution in [0.4, 0.5) is 5.69 Å². The lowest BCUT2D eigenvalue weighted by atomic mass is 10.0. The van der Waals surface area contributed by atoms with Crippen LogP contribution in [-0.4, -0.2) is 17.2 Å². The third-order valence-electron chi connectivity index (χ3n) is 4.40. The summed E-state index contributed by atoms with van der Waals surface area (Å²) >= 11 is 17.3. The minimum Gasteiger partial charge on any atom is -0.495 e. The molecular weight excluding hydrogens is 466 g/mol. The number of benzene rings is 1. The largest absolute Gasteiger partial charge is 0.495 e. The molecule has 2 aromatic heterocycles. The second-order valence-corrected chi connectivity index (χ2v) is 9.25. The molecule has 0 spiro atoms. The van der Waals surface area contributed by atoms with E-state index in [0.717, 1.165) is 15.2 Å². The first-order valence-corrected chi connectivity index (χ1v) is 10.6. The van der Waals surface area contributed by atoms with Gasteiger partial charge in [-0.05, 0) is 70.6 Å². The van der Waals surface area contributed by atoms with Crippen LogP contribution < -0.4 is 15.0 Å². The van der Waals surface area contributed by atoms with E-state index in [1.165, 1.54) is 4.88 Å². The first kappa shape index (κ1) is 18.7. The Morgan fingerprint density at radius 2 is 2.11 bits per heavy atom. The zero-order valence-electron chi connectivity index (χ0n) is 14.2. The van der Waals surface area contributed by atoms with Gasteiger partial charge in [0.25, 0.3) is 0 Å². The van der Waals surface area contributed by atoms with Crippen LogP contribution in [0, 0.1) is 0 Å². The lowest BCUT2D eigenvalue weighted by molar-refractivity contribution is 0.415. The van der Waals surface area contributed by atoms with Gasteiger partial charge in [0.1, 0.15) is 5.75 Å². The summed E-state index contributed by atoms with van der Waals surface area (Å²) in [5.74, 6) is 0.634. The fraction of sp³-hybridized carbons (Fsp3) is 0.158. The Kier molecular flexibility index (Phi) is 5.36. The Balaban J connectivity index is 1.81. The highest BCUT2D eigenvalue weighted by atomic mass is 79.9. The highest BCUT2D eigenvalue weighted by Gasteiger charge is 2.41. The van der Waals surface area contributed by atoms with E-state index in [1.54, 1.807) is 24.6 Å². The zero-order chi connectivity index (χ0) is 19.0. The van der Waals surface area contributed by atoms with E-state index in [2.05, 4.69) is 43.3 Å². The smallest absolute Gasteiger partial charge is 0.174 e. The van der Waals surface area contributed by atoms with Crippen molar-refractivity contribution < 1.29 is 4.74 Å². The fourth-order valence-electron chi connectivity index (χ4n) is 3.21. The van der Waals surface area contributed by atoms with E-state index in [0.29, 0.717) is 15.9 Å². The zero-order valence-corrected chi connectivity index (χ0v) is 18.2. The van der Waals surface area contributed by atoms with Crippen LogP contribution in [0.15, 0.2) is 58.5 Å². The van der Waals surface area contributed by atoms with Gasteiger partial charge < -0.3 is 15.0 Å². The molecule has 3 heterocycles. The Labute approximate surface area is 180 Å².